The van der Waals surface area contributed by atoms with Crippen molar-refractivity contribution in [3.8, 4) is 11.5 Å². The standard InChI is InChI=1S/C10H7FO4/c11-4-5-3-8(13)6-1-2-7(12)9(14)10(6)15-5/h1-3,12,14H,4H2. The number of hydrogen-bond donors (Lipinski definition) is 2. The van der Waals surface area contributed by atoms with Crippen LogP contribution < -0.4 is 5.43 Å². The van der Waals surface area contributed by atoms with Crippen molar-refractivity contribution in [3.05, 3.63) is 34.2 Å². The van der Waals surface area contributed by atoms with Gasteiger partial charge in [-0.05, 0) is 12.1 Å². The van der Waals surface area contributed by atoms with Gasteiger partial charge in [-0.3, -0.25) is 4.79 Å². The summed E-state index contributed by atoms with van der Waals surface area (Å²) in [6.45, 7) is -0.944. The quantitative estimate of drug-likeness (QED) is 0.702. The van der Waals surface area contributed by atoms with Crippen LogP contribution in [-0.2, 0) is 6.67 Å². The van der Waals surface area contributed by atoms with Gasteiger partial charge >= 0.3 is 0 Å². The van der Waals surface area contributed by atoms with Gasteiger partial charge in [0.2, 0.25) is 5.75 Å². The molecule has 0 aliphatic rings. The third-order valence-electron chi connectivity index (χ3n) is 2.03. The first kappa shape index (κ1) is 9.51. The second-order valence-electron chi connectivity index (χ2n) is 3.02. The maximum absolute atomic E-state index is 12.3. The molecule has 0 bridgehead atoms. The van der Waals surface area contributed by atoms with Gasteiger partial charge < -0.3 is 14.6 Å². The Hall–Kier alpha value is -2.04. The number of fused-ring (bicyclic) bond motifs is 1. The fourth-order valence-corrected chi connectivity index (χ4v) is 1.31. The Morgan fingerprint density at radius 2 is 2.07 bits per heavy atom. The molecule has 2 aromatic rings. The minimum absolute atomic E-state index is 0.0995. The predicted molar refractivity (Wildman–Crippen MR) is 50.6 cm³/mol. The molecule has 15 heavy (non-hydrogen) atoms. The van der Waals surface area contributed by atoms with Crippen molar-refractivity contribution < 1.29 is 19.0 Å². The lowest BCUT2D eigenvalue weighted by atomic mass is 10.2. The van der Waals surface area contributed by atoms with Crippen LogP contribution in [0.25, 0.3) is 11.0 Å². The van der Waals surface area contributed by atoms with Crippen LogP contribution in [0.2, 0.25) is 0 Å². The van der Waals surface area contributed by atoms with Crippen LogP contribution in [0.1, 0.15) is 5.76 Å². The molecule has 0 spiro atoms. The first-order valence-electron chi connectivity index (χ1n) is 4.17. The highest BCUT2D eigenvalue weighted by atomic mass is 19.1. The van der Waals surface area contributed by atoms with Crippen LogP contribution in [0.5, 0.6) is 11.5 Å². The van der Waals surface area contributed by atoms with Gasteiger partial charge in [0.1, 0.15) is 12.4 Å². The maximum atomic E-state index is 12.3. The van der Waals surface area contributed by atoms with E-state index in [-0.39, 0.29) is 16.7 Å². The highest BCUT2D eigenvalue weighted by molar-refractivity contribution is 5.84. The van der Waals surface area contributed by atoms with Gasteiger partial charge in [-0.2, -0.15) is 0 Å². The smallest absolute Gasteiger partial charge is 0.201 e. The first-order valence-corrected chi connectivity index (χ1v) is 4.17. The molecule has 0 atom stereocenters. The molecule has 0 amide bonds. The number of aromatic hydroxyl groups is 2. The van der Waals surface area contributed by atoms with E-state index in [0.29, 0.717) is 0 Å². The fraction of sp³-hybridized carbons (Fsp3) is 0.100. The monoisotopic (exact) mass is 210 g/mol. The average molecular weight is 210 g/mol. The van der Waals surface area contributed by atoms with Crippen LogP contribution in [0.4, 0.5) is 4.39 Å². The van der Waals surface area contributed by atoms with E-state index in [2.05, 4.69) is 0 Å². The number of phenols is 2. The summed E-state index contributed by atoms with van der Waals surface area (Å²) in [6, 6.07) is 3.49. The van der Waals surface area contributed by atoms with Gasteiger partial charge in [0.25, 0.3) is 0 Å². The lowest BCUT2D eigenvalue weighted by molar-refractivity contribution is 0.378. The van der Waals surface area contributed by atoms with E-state index < -0.39 is 23.6 Å². The van der Waals surface area contributed by atoms with Gasteiger partial charge in [0.15, 0.2) is 16.8 Å². The van der Waals surface area contributed by atoms with Crippen LogP contribution >= 0.6 is 0 Å². The maximum Gasteiger partial charge on any atom is 0.201 e. The fourth-order valence-electron chi connectivity index (χ4n) is 1.31. The highest BCUT2D eigenvalue weighted by Crippen LogP contribution is 2.32. The summed E-state index contributed by atoms with van der Waals surface area (Å²) in [7, 11) is 0. The second-order valence-corrected chi connectivity index (χ2v) is 3.02. The van der Waals surface area contributed by atoms with Crippen LogP contribution in [-0.4, -0.2) is 10.2 Å². The summed E-state index contributed by atoms with van der Waals surface area (Å²) in [5.41, 5.74) is -0.658. The van der Waals surface area contributed by atoms with E-state index in [1.165, 1.54) is 12.1 Å². The molecule has 1 heterocycles. The third kappa shape index (κ3) is 1.41. The molecule has 0 radical (unpaired) electrons. The summed E-state index contributed by atoms with van der Waals surface area (Å²) in [5, 5.41) is 18.7. The topological polar surface area (TPSA) is 70.7 Å². The van der Waals surface area contributed by atoms with Crippen molar-refractivity contribution >= 4 is 11.0 Å². The Morgan fingerprint density at radius 3 is 2.73 bits per heavy atom. The van der Waals surface area contributed by atoms with Crippen LogP contribution in [0.15, 0.2) is 27.4 Å². The molecule has 4 nitrogen and oxygen atoms in total. The van der Waals surface area contributed by atoms with E-state index in [1.54, 1.807) is 0 Å². The molecule has 0 unspecified atom stereocenters. The second kappa shape index (κ2) is 3.27. The molecule has 1 aromatic heterocycles. The van der Waals surface area contributed by atoms with Crippen molar-refractivity contribution in [1.82, 2.24) is 0 Å². The number of hydrogen-bond acceptors (Lipinski definition) is 4. The van der Waals surface area contributed by atoms with Crippen LogP contribution in [0.3, 0.4) is 0 Å². The molecular formula is C10H7FO4. The zero-order valence-corrected chi connectivity index (χ0v) is 7.53. The third-order valence-corrected chi connectivity index (χ3v) is 2.03. The Bertz CT molecular complexity index is 573. The van der Waals surface area contributed by atoms with Crippen molar-refractivity contribution in [2.45, 2.75) is 6.67 Å². The summed E-state index contributed by atoms with van der Waals surface area (Å²) in [6.07, 6.45) is 0. The summed E-state index contributed by atoms with van der Waals surface area (Å²) >= 11 is 0. The summed E-state index contributed by atoms with van der Waals surface area (Å²) in [5.74, 6) is -1.16. The van der Waals surface area contributed by atoms with Gasteiger partial charge in [0.05, 0.1) is 5.39 Å². The van der Waals surface area contributed by atoms with Gasteiger partial charge in [-0.1, -0.05) is 0 Å². The lowest BCUT2D eigenvalue weighted by Crippen LogP contribution is -2.01. The Balaban J connectivity index is 2.93. The van der Waals surface area contributed by atoms with Crippen molar-refractivity contribution in [1.29, 1.82) is 0 Å². The molecular weight excluding hydrogens is 203 g/mol. The summed E-state index contributed by atoms with van der Waals surface area (Å²) in [4.78, 5) is 11.4. The van der Waals surface area contributed by atoms with E-state index in [9.17, 15) is 14.3 Å². The largest absolute Gasteiger partial charge is 0.504 e. The normalized spacial score (nSPS) is 10.7. The first-order chi connectivity index (χ1) is 7.13. The predicted octanol–water partition coefficient (Wildman–Crippen LogP) is 1.67. The average Bonchev–Trinajstić information content (AvgIpc) is 2.23. The van der Waals surface area contributed by atoms with Crippen molar-refractivity contribution in [2.24, 2.45) is 0 Å². The number of rotatable bonds is 1. The Morgan fingerprint density at radius 1 is 1.33 bits per heavy atom. The molecule has 0 fully saturated rings. The highest BCUT2D eigenvalue weighted by Gasteiger charge is 2.11. The Kier molecular flexibility index (Phi) is 2.07. The molecule has 78 valence electrons. The minimum atomic E-state index is -0.944. The SMILES string of the molecule is O=c1cc(CF)oc2c(O)c(O)ccc12. The Labute approximate surface area is 83.2 Å². The number of phenolic OH excluding ortho intramolecular Hbond substituents is 2. The van der Waals surface area contributed by atoms with Gasteiger partial charge in [-0.15, -0.1) is 0 Å². The number of halogens is 1. The molecule has 5 heteroatoms. The molecule has 0 aliphatic carbocycles. The van der Waals surface area contributed by atoms with E-state index in [0.717, 1.165) is 6.07 Å². The van der Waals surface area contributed by atoms with E-state index >= 15 is 0 Å². The molecule has 1 aromatic carbocycles. The van der Waals surface area contributed by atoms with Gasteiger partial charge in [0, 0.05) is 6.07 Å². The van der Waals surface area contributed by atoms with E-state index in [4.69, 9.17) is 9.52 Å². The van der Waals surface area contributed by atoms with Crippen LogP contribution in [0, 0.1) is 0 Å². The lowest BCUT2D eigenvalue weighted by Gasteiger charge is -2.02. The molecule has 0 saturated carbocycles. The van der Waals surface area contributed by atoms with Crippen molar-refractivity contribution in [2.75, 3.05) is 0 Å². The zero-order chi connectivity index (χ0) is 11.0. The number of benzene rings is 1. The summed E-state index contributed by atoms with van der Waals surface area (Å²) < 4.78 is 17.2. The number of alkyl halides is 1. The molecule has 0 saturated heterocycles. The van der Waals surface area contributed by atoms with Gasteiger partial charge in [-0.25, -0.2) is 4.39 Å². The molecule has 2 N–H and O–H groups in total. The van der Waals surface area contributed by atoms with E-state index in [1.807, 2.05) is 0 Å². The molecule has 2 rings (SSSR count). The zero-order valence-electron chi connectivity index (χ0n) is 7.53. The molecule has 0 aliphatic heterocycles. The van der Waals surface area contributed by atoms with Crippen molar-refractivity contribution in [3.63, 3.8) is 0 Å². The minimum Gasteiger partial charge on any atom is -0.504 e.